The van der Waals surface area contributed by atoms with Crippen molar-refractivity contribution in [2.45, 2.75) is 31.7 Å². The average Bonchev–Trinajstić information content (AvgIpc) is 3.00. The smallest absolute Gasteiger partial charge is 0.239 e. The summed E-state index contributed by atoms with van der Waals surface area (Å²) in [7, 11) is 0. The summed E-state index contributed by atoms with van der Waals surface area (Å²) < 4.78 is 5.21. The molecule has 2 aromatic rings. The van der Waals surface area contributed by atoms with Gasteiger partial charge in [-0.2, -0.15) is 0 Å². The SMILES string of the molecule is c1coc(-n2nnc(CC3CCCCN3)n2)c1. The van der Waals surface area contributed by atoms with E-state index in [-0.39, 0.29) is 0 Å². The maximum Gasteiger partial charge on any atom is 0.239 e. The minimum Gasteiger partial charge on any atom is -0.445 e. The Kier molecular flexibility index (Phi) is 2.87. The van der Waals surface area contributed by atoms with Crippen LogP contribution in [0.15, 0.2) is 22.8 Å². The lowest BCUT2D eigenvalue weighted by Crippen LogP contribution is -2.35. The van der Waals surface area contributed by atoms with E-state index in [2.05, 4.69) is 20.7 Å². The van der Waals surface area contributed by atoms with Gasteiger partial charge in [-0.1, -0.05) is 11.2 Å². The first-order valence-corrected chi connectivity index (χ1v) is 5.98. The molecule has 6 heteroatoms. The Morgan fingerprint density at radius 2 is 2.47 bits per heavy atom. The van der Waals surface area contributed by atoms with E-state index in [1.165, 1.54) is 24.1 Å². The number of furan rings is 1. The van der Waals surface area contributed by atoms with Crippen LogP contribution in [0, 0.1) is 0 Å². The molecule has 0 amide bonds. The highest BCUT2D eigenvalue weighted by Gasteiger charge is 2.16. The molecule has 1 N–H and O–H groups in total. The Hall–Kier alpha value is -1.69. The van der Waals surface area contributed by atoms with Crippen molar-refractivity contribution < 1.29 is 4.42 Å². The summed E-state index contributed by atoms with van der Waals surface area (Å²) in [4.78, 5) is 1.43. The second-order valence-corrected chi connectivity index (χ2v) is 4.30. The predicted molar refractivity (Wildman–Crippen MR) is 60.8 cm³/mol. The zero-order valence-electron chi connectivity index (χ0n) is 9.54. The third-order valence-corrected chi connectivity index (χ3v) is 3.00. The zero-order chi connectivity index (χ0) is 11.5. The second-order valence-electron chi connectivity index (χ2n) is 4.30. The molecule has 1 saturated heterocycles. The van der Waals surface area contributed by atoms with Gasteiger partial charge in [0, 0.05) is 18.5 Å². The fraction of sp³-hybridized carbons (Fsp3) is 0.545. The number of hydrogen-bond donors (Lipinski definition) is 1. The Balaban J connectivity index is 1.68. The van der Waals surface area contributed by atoms with Crippen molar-refractivity contribution in [3.05, 3.63) is 24.2 Å². The van der Waals surface area contributed by atoms with Gasteiger partial charge in [-0.05, 0) is 30.7 Å². The Bertz CT molecular complexity index is 458. The topological polar surface area (TPSA) is 68.8 Å². The predicted octanol–water partition coefficient (Wildman–Crippen LogP) is 0.940. The van der Waals surface area contributed by atoms with Crippen LogP contribution in [0.5, 0.6) is 0 Å². The van der Waals surface area contributed by atoms with E-state index < -0.39 is 0 Å². The van der Waals surface area contributed by atoms with Crippen molar-refractivity contribution in [3.63, 3.8) is 0 Å². The molecule has 0 radical (unpaired) electrons. The van der Waals surface area contributed by atoms with Crippen molar-refractivity contribution in [2.75, 3.05) is 6.54 Å². The van der Waals surface area contributed by atoms with Crippen LogP contribution in [0.25, 0.3) is 5.88 Å². The molecule has 90 valence electrons. The van der Waals surface area contributed by atoms with E-state index in [9.17, 15) is 0 Å². The van der Waals surface area contributed by atoms with Gasteiger partial charge in [-0.3, -0.25) is 0 Å². The monoisotopic (exact) mass is 233 g/mol. The van der Waals surface area contributed by atoms with Gasteiger partial charge in [0.1, 0.15) is 0 Å². The lowest BCUT2D eigenvalue weighted by molar-refractivity contribution is 0.394. The van der Waals surface area contributed by atoms with Crippen LogP contribution in [-0.2, 0) is 6.42 Å². The zero-order valence-corrected chi connectivity index (χ0v) is 9.54. The minimum absolute atomic E-state index is 0.484. The van der Waals surface area contributed by atoms with Crippen molar-refractivity contribution in [1.29, 1.82) is 0 Å². The number of aromatic nitrogens is 4. The van der Waals surface area contributed by atoms with Gasteiger partial charge in [0.2, 0.25) is 5.88 Å². The van der Waals surface area contributed by atoms with Crippen LogP contribution in [0.3, 0.4) is 0 Å². The quantitative estimate of drug-likeness (QED) is 0.854. The summed E-state index contributed by atoms with van der Waals surface area (Å²) in [6, 6.07) is 4.10. The van der Waals surface area contributed by atoms with E-state index in [0.29, 0.717) is 11.9 Å². The van der Waals surface area contributed by atoms with Crippen LogP contribution in [0.2, 0.25) is 0 Å². The first kappa shape index (κ1) is 10.5. The van der Waals surface area contributed by atoms with Gasteiger partial charge in [-0.15, -0.1) is 10.2 Å². The summed E-state index contributed by atoms with van der Waals surface area (Å²) in [5.41, 5.74) is 0. The molecule has 3 rings (SSSR count). The third kappa shape index (κ3) is 2.36. The van der Waals surface area contributed by atoms with Crippen LogP contribution in [0.4, 0.5) is 0 Å². The summed E-state index contributed by atoms with van der Waals surface area (Å²) in [6.07, 6.45) is 6.17. The molecule has 1 aliphatic rings. The summed E-state index contributed by atoms with van der Waals surface area (Å²) >= 11 is 0. The first-order valence-electron chi connectivity index (χ1n) is 5.98. The van der Waals surface area contributed by atoms with Gasteiger partial charge >= 0.3 is 0 Å². The van der Waals surface area contributed by atoms with Gasteiger partial charge in [0.25, 0.3) is 0 Å². The Labute approximate surface area is 99.0 Å². The number of hydrogen-bond acceptors (Lipinski definition) is 5. The highest BCUT2D eigenvalue weighted by molar-refractivity contribution is 5.12. The van der Waals surface area contributed by atoms with Gasteiger partial charge in [0.05, 0.1) is 6.26 Å². The van der Waals surface area contributed by atoms with Gasteiger partial charge < -0.3 is 9.73 Å². The molecule has 0 bridgehead atoms. The van der Waals surface area contributed by atoms with Gasteiger partial charge in [0.15, 0.2) is 5.82 Å². The largest absolute Gasteiger partial charge is 0.445 e. The molecule has 2 aromatic heterocycles. The van der Waals surface area contributed by atoms with Crippen LogP contribution < -0.4 is 5.32 Å². The minimum atomic E-state index is 0.484. The molecular formula is C11H15N5O. The number of nitrogens with one attached hydrogen (secondary N) is 1. The lowest BCUT2D eigenvalue weighted by Gasteiger charge is -2.21. The molecule has 1 fully saturated rings. The fourth-order valence-electron chi connectivity index (χ4n) is 2.12. The lowest BCUT2D eigenvalue weighted by atomic mass is 10.0. The van der Waals surface area contributed by atoms with Crippen molar-refractivity contribution in [3.8, 4) is 5.88 Å². The number of tetrazole rings is 1. The van der Waals surface area contributed by atoms with Crippen molar-refractivity contribution >= 4 is 0 Å². The average molecular weight is 233 g/mol. The van der Waals surface area contributed by atoms with E-state index in [0.717, 1.165) is 18.8 Å². The van der Waals surface area contributed by atoms with E-state index in [1.807, 2.05) is 6.07 Å². The third-order valence-electron chi connectivity index (χ3n) is 3.00. The van der Waals surface area contributed by atoms with Gasteiger partial charge in [-0.25, -0.2) is 0 Å². The van der Waals surface area contributed by atoms with Crippen molar-refractivity contribution in [1.82, 2.24) is 25.5 Å². The number of piperidine rings is 1. The molecule has 0 aromatic carbocycles. The Morgan fingerprint density at radius 1 is 1.47 bits per heavy atom. The molecule has 6 nitrogen and oxygen atoms in total. The highest BCUT2D eigenvalue weighted by Crippen LogP contribution is 2.11. The summed E-state index contributed by atoms with van der Waals surface area (Å²) in [5, 5.41) is 15.8. The molecule has 3 heterocycles. The summed E-state index contributed by atoms with van der Waals surface area (Å²) in [5.74, 6) is 1.36. The van der Waals surface area contributed by atoms with Crippen molar-refractivity contribution in [2.24, 2.45) is 0 Å². The Morgan fingerprint density at radius 3 is 3.24 bits per heavy atom. The molecule has 0 saturated carbocycles. The molecule has 1 aliphatic heterocycles. The molecular weight excluding hydrogens is 218 g/mol. The van der Waals surface area contributed by atoms with Crippen LogP contribution in [0.1, 0.15) is 25.1 Å². The molecule has 0 aliphatic carbocycles. The first-order chi connectivity index (χ1) is 8.42. The highest BCUT2D eigenvalue weighted by atomic mass is 16.3. The normalized spacial score (nSPS) is 20.6. The molecule has 1 unspecified atom stereocenters. The maximum absolute atomic E-state index is 5.21. The van der Waals surface area contributed by atoms with E-state index in [1.54, 1.807) is 12.3 Å². The fourth-order valence-corrected chi connectivity index (χ4v) is 2.12. The van der Waals surface area contributed by atoms with Crippen LogP contribution >= 0.6 is 0 Å². The maximum atomic E-state index is 5.21. The molecule has 0 spiro atoms. The van der Waals surface area contributed by atoms with E-state index in [4.69, 9.17) is 4.42 Å². The number of nitrogens with zero attached hydrogens (tertiary/aromatic N) is 4. The summed E-state index contributed by atoms with van der Waals surface area (Å²) in [6.45, 7) is 1.09. The molecule has 1 atom stereocenters. The van der Waals surface area contributed by atoms with E-state index >= 15 is 0 Å². The molecule has 17 heavy (non-hydrogen) atoms. The standard InChI is InChI=1S/C11H15N5O/c1-2-6-12-9(4-1)8-10-13-15-16(14-10)11-5-3-7-17-11/h3,5,7,9,12H,1-2,4,6,8H2. The number of rotatable bonds is 3. The van der Waals surface area contributed by atoms with Crippen LogP contribution in [-0.4, -0.2) is 32.8 Å². The second kappa shape index (κ2) is 4.67.